The van der Waals surface area contributed by atoms with Gasteiger partial charge in [0.15, 0.2) is 11.4 Å². The van der Waals surface area contributed by atoms with Crippen molar-refractivity contribution >= 4 is 23.6 Å². The van der Waals surface area contributed by atoms with Crippen molar-refractivity contribution in [3.05, 3.63) is 53.1 Å². The maximum atomic E-state index is 13.5. The van der Waals surface area contributed by atoms with Crippen LogP contribution in [0.15, 0.2) is 47.6 Å². The lowest BCUT2D eigenvalue weighted by Crippen LogP contribution is -2.64. The molecule has 0 spiro atoms. The van der Waals surface area contributed by atoms with E-state index in [0.29, 0.717) is 16.8 Å². The lowest BCUT2D eigenvalue weighted by atomic mass is 9.59. The molecular formula is C29H35NO8. The Balaban J connectivity index is 1.68. The Labute approximate surface area is 221 Å². The highest BCUT2D eigenvalue weighted by Gasteiger charge is 2.87. The number of rotatable bonds is 4. The molecule has 0 aliphatic heterocycles. The molecule has 4 aliphatic carbocycles. The number of benzene rings is 1. The molecule has 9 nitrogen and oxygen atoms in total. The average molecular weight is 526 g/mol. The molecule has 9 heteroatoms. The number of carbonyl (C=O) groups excluding carboxylic acids is 2. The van der Waals surface area contributed by atoms with E-state index in [1.807, 2.05) is 13.8 Å². The number of allylic oxidation sites excluding steroid dienone is 1. The van der Waals surface area contributed by atoms with Crippen molar-refractivity contribution < 1.29 is 39.2 Å². The molecule has 0 bridgehead atoms. The van der Waals surface area contributed by atoms with Gasteiger partial charge in [0.25, 0.3) is 0 Å². The third-order valence-electron chi connectivity index (χ3n) is 9.86. The molecule has 0 saturated heterocycles. The molecule has 2 saturated carbocycles. The Morgan fingerprint density at radius 2 is 1.74 bits per heavy atom. The van der Waals surface area contributed by atoms with Crippen LogP contribution in [0, 0.1) is 35.0 Å². The summed E-state index contributed by atoms with van der Waals surface area (Å²) in [5, 5.41) is 36.6. The van der Waals surface area contributed by atoms with E-state index in [9.17, 15) is 29.7 Å². The van der Waals surface area contributed by atoms with Gasteiger partial charge in [-0.2, -0.15) is 0 Å². The Hall–Kier alpha value is -3.17. The highest BCUT2D eigenvalue weighted by molar-refractivity contribution is 6.00. The van der Waals surface area contributed by atoms with Crippen LogP contribution in [0.2, 0.25) is 0 Å². The number of hydrogen-bond donors (Lipinski definition) is 4. The number of aliphatic hydroxyl groups is 2. The van der Waals surface area contributed by atoms with Gasteiger partial charge in [-0.3, -0.25) is 4.79 Å². The molecule has 204 valence electrons. The molecule has 1 aromatic carbocycles. The second kappa shape index (κ2) is 8.41. The number of anilines is 1. The van der Waals surface area contributed by atoms with Gasteiger partial charge < -0.3 is 30.1 Å². The fourth-order valence-corrected chi connectivity index (χ4v) is 7.95. The highest BCUT2D eigenvalue weighted by Crippen LogP contribution is 2.77. The van der Waals surface area contributed by atoms with Crippen LogP contribution >= 0.6 is 0 Å². The zero-order chi connectivity index (χ0) is 27.9. The monoisotopic (exact) mass is 525 g/mol. The minimum absolute atomic E-state index is 0.235. The van der Waals surface area contributed by atoms with Crippen LogP contribution in [0.1, 0.15) is 45.0 Å². The summed E-state index contributed by atoms with van der Waals surface area (Å²) in [4.78, 5) is 38.7. The van der Waals surface area contributed by atoms with Gasteiger partial charge in [-0.05, 0) is 37.1 Å². The predicted octanol–water partition coefficient (Wildman–Crippen LogP) is 3.42. The van der Waals surface area contributed by atoms with Gasteiger partial charge in [0.1, 0.15) is 6.10 Å². The van der Waals surface area contributed by atoms with Crippen LogP contribution < -0.4 is 5.32 Å². The Bertz CT molecular complexity index is 1280. The highest BCUT2D eigenvalue weighted by atomic mass is 16.7. The first-order valence-corrected chi connectivity index (χ1v) is 13.0. The van der Waals surface area contributed by atoms with Gasteiger partial charge >= 0.3 is 12.1 Å². The van der Waals surface area contributed by atoms with Crippen molar-refractivity contribution in [1.29, 1.82) is 0 Å². The normalized spacial score (nSPS) is 40.4. The van der Waals surface area contributed by atoms with E-state index in [4.69, 9.17) is 9.47 Å². The van der Waals surface area contributed by atoms with Crippen LogP contribution in [0.5, 0.6) is 0 Å². The summed E-state index contributed by atoms with van der Waals surface area (Å²) in [6.45, 7) is 8.76. The van der Waals surface area contributed by atoms with Gasteiger partial charge in [-0.1, -0.05) is 45.1 Å². The molecule has 0 unspecified atom stereocenters. The van der Waals surface area contributed by atoms with Crippen LogP contribution in [0.4, 0.5) is 10.5 Å². The smallest absolute Gasteiger partial charge is 0.454 e. The van der Waals surface area contributed by atoms with Gasteiger partial charge in [0, 0.05) is 41.8 Å². The topological polar surface area (TPSA) is 142 Å². The fourth-order valence-electron chi connectivity index (χ4n) is 7.95. The minimum Gasteiger partial charge on any atom is -0.454 e. The maximum Gasteiger partial charge on any atom is 0.506 e. The summed E-state index contributed by atoms with van der Waals surface area (Å²) in [7, 11) is 1.68. The number of fused-ring (bicyclic) bond motifs is 5. The number of ether oxygens (including phenoxy) is 2. The second-order valence-electron chi connectivity index (χ2n) is 11.8. The first-order chi connectivity index (χ1) is 17.7. The first kappa shape index (κ1) is 26.4. The molecule has 0 radical (unpaired) electrons. The molecule has 0 amide bonds. The summed E-state index contributed by atoms with van der Waals surface area (Å²) in [6.07, 6.45) is -0.297. The number of Topliss-reactive ketones (excluding diaryl/α,β-unsaturated/α-hetero) is 1. The lowest BCUT2D eigenvalue weighted by molar-refractivity contribution is -0.197. The Kier molecular flexibility index (Phi) is 5.85. The van der Waals surface area contributed by atoms with Gasteiger partial charge in [0.2, 0.25) is 0 Å². The van der Waals surface area contributed by atoms with Crippen LogP contribution in [0.25, 0.3) is 0 Å². The number of carboxylic acid groups (broad SMARTS) is 1. The zero-order valence-electron chi connectivity index (χ0n) is 22.4. The van der Waals surface area contributed by atoms with Crippen LogP contribution in [0.3, 0.4) is 0 Å². The molecule has 0 aromatic heterocycles. The number of carbonyl (C=O) groups is 3. The molecule has 1 aromatic rings. The van der Waals surface area contributed by atoms with E-state index in [2.05, 4.69) is 5.32 Å². The summed E-state index contributed by atoms with van der Waals surface area (Å²) in [6, 6.07) is 6.79. The number of aliphatic hydroxyl groups excluding tert-OH is 1. The van der Waals surface area contributed by atoms with E-state index in [0.717, 1.165) is 0 Å². The maximum absolute atomic E-state index is 13.5. The number of ketones is 1. The van der Waals surface area contributed by atoms with Gasteiger partial charge in [-0.25, -0.2) is 9.59 Å². The van der Waals surface area contributed by atoms with Gasteiger partial charge in [0.05, 0.1) is 23.2 Å². The molecular weight excluding hydrogens is 490 g/mol. The fraction of sp³-hybridized carbons (Fsp3) is 0.552. The standard InChI is InChI=1S/C29H35NO8/c1-13-11-17-20(21(13)31)22(32)14(2)12-18-23-27(4,5)29(23,38-26(34)35)24(15(3)28(17,18)36)37-25(33)16-9-7-8-10-19(16)30-6/h7-12,15,17-18,20,22-24,30,32,36H,1-6H3,(H,34,35)/t15-,17-,18+,20-,22-,23-,24-,28+,29-/m1/s1. The summed E-state index contributed by atoms with van der Waals surface area (Å²) >= 11 is 0. The molecule has 9 atom stereocenters. The molecule has 38 heavy (non-hydrogen) atoms. The number of esters is 1. The largest absolute Gasteiger partial charge is 0.506 e. The van der Waals surface area contributed by atoms with Crippen molar-refractivity contribution in [3.8, 4) is 0 Å². The van der Waals surface area contributed by atoms with Crippen molar-refractivity contribution in [2.75, 3.05) is 12.4 Å². The van der Waals surface area contributed by atoms with Crippen molar-refractivity contribution in [3.63, 3.8) is 0 Å². The third kappa shape index (κ3) is 3.21. The van der Waals surface area contributed by atoms with E-state index >= 15 is 0 Å². The lowest BCUT2D eigenvalue weighted by Gasteiger charge is -2.51. The quantitative estimate of drug-likeness (QED) is 0.343. The average Bonchev–Trinajstić information content (AvgIpc) is 3.20. The van der Waals surface area contributed by atoms with Crippen molar-refractivity contribution in [2.45, 2.75) is 58.0 Å². The zero-order valence-corrected chi connectivity index (χ0v) is 22.4. The molecule has 0 heterocycles. The van der Waals surface area contributed by atoms with Crippen molar-refractivity contribution in [1.82, 2.24) is 0 Å². The van der Waals surface area contributed by atoms with Crippen LogP contribution in [-0.2, 0) is 14.3 Å². The molecule has 4 N–H and O–H groups in total. The molecule has 5 rings (SSSR count). The summed E-state index contributed by atoms with van der Waals surface area (Å²) < 4.78 is 11.8. The van der Waals surface area contributed by atoms with E-state index in [-0.39, 0.29) is 11.3 Å². The van der Waals surface area contributed by atoms with E-state index in [1.165, 1.54) is 0 Å². The van der Waals surface area contributed by atoms with E-state index < -0.39 is 70.5 Å². The Morgan fingerprint density at radius 3 is 2.37 bits per heavy atom. The number of hydrogen-bond acceptors (Lipinski definition) is 8. The van der Waals surface area contributed by atoms with E-state index in [1.54, 1.807) is 64.2 Å². The predicted molar refractivity (Wildman–Crippen MR) is 137 cm³/mol. The second-order valence-corrected chi connectivity index (χ2v) is 11.8. The van der Waals surface area contributed by atoms with Crippen molar-refractivity contribution in [2.24, 2.45) is 35.0 Å². The third-order valence-corrected chi connectivity index (χ3v) is 9.86. The molecule has 4 aliphatic rings. The summed E-state index contributed by atoms with van der Waals surface area (Å²) in [5.41, 5.74) is -2.11. The first-order valence-electron chi connectivity index (χ1n) is 13.0. The minimum atomic E-state index is -1.63. The van der Waals surface area contributed by atoms with Gasteiger partial charge in [-0.15, -0.1) is 0 Å². The number of nitrogens with one attached hydrogen (secondary N) is 1. The SMILES string of the molecule is CNc1ccccc1C(=O)O[C@@H]1[C@@H](C)[C@]2(O)[C@@H]3C=C(C)C(=O)[C@@H]3[C@H](O)C(C)=C[C@H]2[C@@H]2C(C)(C)[C@]12OC(=O)O. The number of para-hydroxylation sites is 1. The summed E-state index contributed by atoms with van der Waals surface area (Å²) in [5.74, 6) is -4.66. The Morgan fingerprint density at radius 1 is 1.08 bits per heavy atom. The van der Waals surface area contributed by atoms with Crippen LogP contribution in [-0.4, -0.2) is 63.7 Å². The molecule has 2 fully saturated rings.